The lowest BCUT2D eigenvalue weighted by atomic mass is 9.87. The number of hydrogen-bond acceptors (Lipinski definition) is 2. The van der Waals surface area contributed by atoms with Crippen LogP contribution in [0.15, 0.2) is 0 Å². The summed E-state index contributed by atoms with van der Waals surface area (Å²) in [4.78, 5) is 11.8. The summed E-state index contributed by atoms with van der Waals surface area (Å²) >= 11 is 0. The molecule has 0 bridgehead atoms. The highest BCUT2D eigenvalue weighted by Gasteiger charge is 2.28. The van der Waals surface area contributed by atoms with Crippen molar-refractivity contribution in [2.75, 3.05) is 6.54 Å². The first kappa shape index (κ1) is 13.5. The molecule has 3 nitrogen and oxygen atoms in total. The van der Waals surface area contributed by atoms with Crippen LogP contribution < -0.4 is 11.1 Å². The average Bonchev–Trinajstić information content (AvgIpc) is 2.58. The number of carbonyl (C=O) groups is 1. The Morgan fingerprint density at radius 2 is 2.06 bits per heavy atom. The van der Waals surface area contributed by atoms with Gasteiger partial charge in [0.25, 0.3) is 0 Å². The molecule has 3 atom stereocenters. The lowest BCUT2D eigenvalue weighted by Crippen LogP contribution is -2.49. The van der Waals surface area contributed by atoms with E-state index in [4.69, 9.17) is 5.73 Å². The maximum atomic E-state index is 11.8. The summed E-state index contributed by atoms with van der Waals surface area (Å²) in [6.45, 7) is 9.06. The van der Waals surface area contributed by atoms with Crippen molar-refractivity contribution in [1.82, 2.24) is 5.32 Å². The lowest BCUT2D eigenvalue weighted by molar-refractivity contribution is -0.124. The summed E-state index contributed by atoms with van der Waals surface area (Å²) in [7, 11) is 0. The molecule has 94 valence electrons. The smallest absolute Gasteiger partial charge is 0.237 e. The van der Waals surface area contributed by atoms with E-state index in [1.54, 1.807) is 0 Å². The van der Waals surface area contributed by atoms with E-state index >= 15 is 0 Å². The Hall–Kier alpha value is -0.570. The molecule has 1 aliphatic rings. The van der Waals surface area contributed by atoms with Gasteiger partial charge in [0, 0.05) is 6.54 Å². The van der Waals surface area contributed by atoms with Crippen LogP contribution in [0.3, 0.4) is 0 Å². The van der Waals surface area contributed by atoms with Gasteiger partial charge < -0.3 is 11.1 Å². The fourth-order valence-electron chi connectivity index (χ4n) is 2.26. The zero-order chi connectivity index (χ0) is 12.3. The molecular weight excluding hydrogens is 200 g/mol. The quantitative estimate of drug-likeness (QED) is 0.772. The Morgan fingerprint density at radius 1 is 1.44 bits per heavy atom. The zero-order valence-electron chi connectivity index (χ0n) is 11.0. The third kappa shape index (κ3) is 3.78. The summed E-state index contributed by atoms with van der Waals surface area (Å²) in [6, 6.07) is -0.411. The second kappa shape index (κ2) is 5.17. The van der Waals surface area contributed by atoms with Gasteiger partial charge in [-0.3, -0.25) is 4.79 Å². The number of amides is 1. The number of hydrogen-bond donors (Lipinski definition) is 2. The fraction of sp³-hybridized carbons (Fsp3) is 0.923. The highest BCUT2D eigenvalue weighted by Crippen LogP contribution is 2.29. The maximum absolute atomic E-state index is 11.8. The van der Waals surface area contributed by atoms with Crippen LogP contribution in [0.25, 0.3) is 0 Å². The standard InChI is InChI=1S/C13H26N2O/c1-9-5-6-10(7-9)8-15-12(16)11(14)13(2,3)4/h9-11H,5-8,14H2,1-4H3,(H,15,16)/t9?,10?,11-/m0/s1. The largest absolute Gasteiger partial charge is 0.354 e. The van der Waals surface area contributed by atoms with Crippen molar-refractivity contribution in [2.45, 2.75) is 53.0 Å². The van der Waals surface area contributed by atoms with Crippen LogP contribution in [0.1, 0.15) is 47.0 Å². The Bertz CT molecular complexity index is 245. The van der Waals surface area contributed by atoms with Gasteiger partial charge in [-0.1, -0.05) is 34.1 Å². The molecule has 1 saturated carbocycles. The van der Waals surface area contributed by atoms with E-state index in [0.29, 0.717) is 5.92 Å². The molecule has 0 spiro atoms. The van der Waals surface area contributed by atoms with E-state index in [1.165, 1.54) is 19.3 Å². The van der Waals surface area contributed by atoms with Gasteiger partial charge in [0.2, 0.25) is 5.91 Å². The number of nitrogens with two attached hydrogens (primary N) is 1. The van der Waals surface area contributed by atoms with Gasteiger partial charge in [-0.05, 0) is 30.1 Å². The second-order valence-corrected chi connectivity index (χ2v) is 6.37. The molecule has 0 aromatic heterocycles. The topological polar surface area (TPSA) is 55.1 Å². The van der Waals surface area contributed by atoms with Crippen molar-refractivity contribution in [1.29, 1.82) is 0 Å². The molecule has 0 aliphatic heterocycles. The van der Waals surface area contributed by atoms with Gasteiger partial charge in [-0.25, -0.2) is 0 Å². The van der Waals surface area contributed by atoms with Gasteiger partial charge in [0.1, 0.15) is 0 Å². The van der Waals surface area contributed by atoms with Crippen LogP contribution in [0.5, 0.6) is 0 Å². The molecule has 3 N–H and O–H groups in total. The minimum absolute atomic E-state index is 0.00736. The van der Waals surface area contributed by atoms with Crippen LogP contribution in [0.2, 0.25) is 0 Å². The van der Waals surface area contributed by atoms with E-state index in [0.717, 1.165) is 12.5 Å². The molecule has 1 rings (SSSR count). The molecule has 0 aromatic carbocycles. The minimum atomic E-state index is -0.411. The predicted molar refractivity (Wildman–Crippen MR) is 66.9 cm³/mol. The van der Waals surface area contributed by atoms with E-state index in [2.05, 4.69) is 12.2 Å². The normalized spacial score (nSPS) is 27.8. The summed E-state index contributed by atoms with van der Waals surface area (Å²) in [5.41, 5.74) is 5.73. The molecule has 3 heteroatoms. The van der Waals surface area contributed by atoms with Crippen molar-refractivity contribution in [2.24, 2.45) is 23.0 Å². The van der Waals surface area contributed by atoms with Gasteiger partial charge >= 0.3 is 0 Å². The summed E-state index contributed by atoms with van der Waals surface area (Å²) in [5.74, 6) is 1.47. The van der Waals surface area contributed by atoms with Crippen LogP contribution in [-0.4, -0.2) is 18.5 Å². The van der Waals surface area contributed by atoms with Crippen molar-refractivity contribution in [3.63, 3.8) is 0 Å². The van der Waals surface area contributed by atoms with Crippen molar-refractivity contribution in [3.05, 3.63) is 0 Å². The first-order valence-electron chi connectivity index (χ1n) is 6.34. The van der Waals surface area contributed by atoms with Gasteiger partial charge in [0.15, 0.2) is 0 Å². The highest BCUT2D eigenvalue weighted by atomic mass is 16.2. The van der Waals surface area contributed by atoms with Crippen LogP contribution in [0, 0.1) is 17.3 Å². The average molecular weight is 226 g/mol. The lowest BCUT2D eigenvalue weighted by Gasteiger charge is -2.26. The van der Waals surface area contributed by atoms with E-state index < -0.39 is 6.04 Å². The number of carbonyl (C=O) groups excluding carboxylic acids is 1. The third-order valence-electron chi connectivity index (χ3n) is 3.58. The fourth-order valence-corrected chi connectivity index (χ4v) is 2.26. The van der Waals surface area contributed by atoms with Crippen molar-refractivity contribution in [3.8, 4) is 0 Å². The van der Waals surface area contributed by atoms with Crippen molar-refractivity contribution >= 4 is 5.91 Å². The van der Waals surface area contributed by atoms with Crippen LogP contribution in [-0.2, 0) is 4.79 Å². The van der Waals surface area contributed by atoms with Crippen molar-refractivity contribution < 1.29 is 4.79 Å². The van der Waals surface area contributed by atoms with E-state index in [-0.39, 0.29) is 11.3 Å². The zero-order valence-corrected chi connectivity index (χ0v) is 11.0. The Labute approximate surface area is 99.2 Å². The molecule has 0 saturated heterocycles. The molecule has 1 aliphatic carbocycles. The first-order chi connectivity index (χ1) is 7.30. The molecule has 1 fully saturated rings. The Morgan fingerprint density at radius 3 is 2.50 bits per heavy atom. The third-order valence-corrected chi connectivity index (χ3v) is 3.58. The maximum Gasteiger partial charge on any atom is 0.237 e. The molecule has 0 heterocycles. The summed E-state index contributed by atoms with van der Waals surface area (Å²) in [6.07, 6.45) is 3.78. The summed E-state index contributed by atoms with van der Waals surface area (Å²) < 4.78 is 0. The highest BCUT2D eigenvalue weighted by molar-refractivity contribution is 5.82. The van der Waals surface area contributed by atoms with Gasteiger partial charge in [-0.2, -0.15) is 0 Å². The molecular formula is C13H26N2O. The molecule has 16 heavy (non-hydrogen) atoms. The number of nitrogens with one attached hydrogen (secondary N) is 1. The van der Waals surface area contributed by atoms with Crippen LogP contribution >= 0.6 is 0 Å². The van der Waals surface area contributed by atoms with Gasteiger partial charge in [-0.15, -0.1) is 0 Å². The molecule has 0 radical (unpaired) electrons. The Balaban J connectivity index is 2.30. The molecule has 1 amide bonds. The molecule has 0 aromatic rings. The summed E-state index contributed by atoms with van der Waals surface area (Å²) in [5, 5.41) is 2.99. The first-order valence-corrected chi connectivity index (χ1v) is 6.34. The second-order valence-electron chi connectivity index (χ2n) is 6.37. The van der Waals surface area contributed by atoms with E-state index in [9.17, 15) is 4.79 Å². The predicted octanol–water partition coefficient (Wildman–Crippen LogP) is 1.91. The monoisotopic (exact) mass is 226 g/mol. The SMILES string of the molecule is CC1CCC(CNC(=O)[C@H](N)C(C)(C)C)C1. The van der Waals surface area contributed by atoms with E-state index in [1.807, 2.05) is 20.8 Å². The molecule has 2 unspecified atom stereocenters. The number of rotatable bonds is 3. The Kier molecular flexibility index (Phi) is 4.36. The minimum Gasteiger partial charge on any atom is -0.354 e. The van der Waals surface area contributed by atoms with Gasteiger partial charge in [0.05, 0.1) is 6.04 Å². The van der Waals surface area contributed by atoms with Crippen LogP contribution in [0.4, 0.5) is 0 Å².